The van der Waals surface area contributed by atoms with Crippen molar-refractivity contribution in [3.63, 3.8) is 0 Å². The van der Waals surface area contributed by atoms with Crippen LogP contribution in [0.2, 0.25) is 0 Å². The quantitative estimate of drug-likeness (QED) is 0.782. The van der Waals surface area contributed by atoms with E-state index < -0.39 is 11.4 Å². The van der Waals surface area contributed by atoms with Crippen LogP contribution in [0.15, 0.2) is 24.3 Å². The maximum Gasteiger partial charge on any atom is 0.263 e. The van der Waals surface area contributed by atoms with Crippen molar-refractivity contribution < 1.29 is 24.0 Å². The molecule has 1 aromatic carbocycles. The number of methoxy groups -OCH3 is 3. The maximum atomic E-state index is 5.77. The molecule has 1 aliphatic heterocycles. The Labute approximate surface area is 126 Å². The summed E-state index contributed by atoms with van der Waals surface area (Å²) in [5.41, 5.74) is -0.182. The molecule has 0 amide bonds. The van der Waals surface area contributed by atoms with Gasteiger partial charge in [-0.2, -0.15) is 4.89 Å². The van der Waals surface area contributed by atoms with E-state index in [1.807, 2.05) is 24.3 Å². The Kier molecular flexibility index (Phi) is 4.31. The molecule has 0 saturated carbocycles. The molecule has 118 valence electrons. The maximum absolute atomic E-state index is 5.77. The monoisotopic (exact) mass is 296 g/mol. The highest BCUT2D eigenvalue weighted by molar-refractivity contribution is 5.35. The zero-order chi connectivity index (χ0) is 15.7. The standard InChI is InChI=1S/C16H24O5/c1-14(2,3)15(11-17-4)16(19-6,21-20-15)12-8-7-9-13(10-12)18-5/h7-10H,11H2,1-6H3. The van der Waals surface area contributed by atoms with E-state index in [2.05, 4.69) is 20.8 Å². The average Bonchev–Trinajstić information content (AvgIpc) is 2.43. The van der Waals surface area contributed by atoms with Gasteiger partial charge in [0.25, 0.3) is 5.79 Å². The minimum Gasteiger partial charge on any atom is -0.497 e. The Morgan fingerprint density at radius 3 is 2.24 bits per heavy atom. The molecule has 0 N–H and O–H groups in total. The second-order valence-corrected chi connectivity index (χ2v) is 6.23. The third-order valence-electron chi connectivity index (χ3n) is 4.13. The summed E-state index contributed by atoms with van der Waals surface area (Å²) in [5, 5.41) is 0. The molecule has 2 unspecified atom stereocenters. The Morgan fingerprint density at radius 1 is 1.10 bits per heavy atom. The van der Waals surface area contributed by atoms with Crippen LogP contribution in [0.3, 0.4) is 0 Å². The van der Waals surface area contributed by atoms with Gasteiger partial charge in [0.05, 0.1) is 13.7 Å². The van der Waals surface area contributed by atoms with Crippen molar-refractivity contribution in [1.82, 2.24) is 0 Å². The molecule has 5 heteroatoms. The van der Waals surface area contributed by atoms with Gasteiger partial charge in [-0.05, 0) is 12.1 Å². The Bertz CT molecular complexity index is 492. The lowest BCUT2D eigenvalue weighted by Gasteiger charge is -2.60. The van der Waals surface area contributed by atoms with Gasteiger partial charge in [0.2, 0.25) is 0 Å². The molecule has 1 heterocycles. The van der Waals surface area contributed by atoms with Crippen LogP contribution in [0.5, 0.6) is 5.75 Å². The van der Waals surface area contributed by atoms with Crippen LogP contribution in [0.25, 0.3) is 0 Å². The van der Waals surface area contributed by atoms with Gasteiger partial charge in [-0.3, -0.25) is 0 Å². The van der Waals surface area contributed by atoms with Crippen molar-refractivity contribution in [2.75, 3.05) is 27.9 Å². The predicted octanol–water partition coefficient (Wildman–Crippen LogP) is 2.89. The van der Waals surface area contributed by atoms with Crippen LogP contribution in [0, 0.1) is 5.41 Å². The van der Waals surface area contributed by atoms with E-state index in [4.69, 9.17) is 24.0 Å². The molecule has 0 radical (unpaired) electrons. The van der Waals surface area contributed by atoms with Gasteiger partial charge in [0.15, 0.2) is 5.60 Å². The van der Waals surface area contributed by atoms with E-state index in [0.29, 0.717) is 6.61 Å². The molecule has 21 heavy (non-hydrogen) atoms. The largest absolute Gasteiger partial charge is 0.497 e. The molecular weight excluding hydrogens is 272 g/mol. The number of hydrogen-bond donors (Lipinski definition) is 0. The smallest absolute Gasteiger partial charge is 0.263 e. The Morgan fingerprint density at radius 2 is 1.81 bits per heavy atom. The highest BCUT2D eigenvalue weighted by atomic mass is 17.3. The van der Waals surface area contributed by atoms with Crippen LogP contribution in [0.4, 0.5) is 0 Å². The van der Waals surface area contributed by atoms with Crippen molar-refractivity contribution in [3.8, 4) is 5.75 Å². The van der Waals surface area contributed by atoms with Gasteiger partial charge >= 0.3 is 0 Å². The fourth-order valence-corrected chi connectivity index (χ4v) is 2.80. The second-order valence-electron chi connectivity index (χ2n) is 6.23. The third-order valence-corrected chi connectivity index (χ3v) is 4.13. The van der Waals surface area contributed by atoms with Gasteiger partial charge in [-0.15, -0.1) is 0 Å². The molecular formula is C16H24O5. The van der Waals surface area contributed by atoms with Crippen LogP contribution in [0.1, 0.15) is 26.3 Å². The molecule has 2 rings (SSSR count). The van der Waals surface area contributed by atoms with Crippen molar-refractivity contribution in [1.29, 1.82) is 0 Å². The van der Waals surface area contributed by atoms with Crippen LogP contribution in [-0.4, -0.2) is 33.5 Å². The highest BCUT2D eigenvalue weighted by Gasteiger charge is 2.71. The number of hydrogen-bond acceptors (Lipinski definition) is 5. The van der Waals surface area contributed by atoms with Crippen molar-refractivity contribution in [3.05, 3.63) is 29.8 Å². The summed E-state index contributed by atoms with van der Waals surface area (Å²) < 4.78 is 16.5. The molecule has 1 fully saturated rings. The lowest BCUT2D eigenvalue weighted by atomic mass is 9.68. The molecule has 2 atom stereocenters. The third kappa shape index (κ3) is 2.25. The highest BCUT2D eigenvalue weighted by Crippen LogP contribution is 2.57. The predicted molar refractivity (Wildman–Crippen MR) is 77.9 cm³/mol. The molecule has 1 aliphatic rings. The van der Waals surface area contributed by atoms with Crippen LogP contribution in [-0.2, 0) is 25.0 Å². The van der Waals surface area contributed by atoms with E-state index >= 15 is 0 Å². The summed E-state index contributed by atoms with van der Waals surface area (Å²) in [5.74, 6) is -0.296. The van der Waals surface area contributed by atoms with Gasteiger partial charge < -0.3 is 14.2 Å². The Hall–Kier alpha value is -1.14. The zero-order valence-corrected chi connectivity index (χ0v) is 13.6. The van der Waals surface area contributed by atoms with Crippen molar-refractivity contribution in [2.45, 2.75) is 32.2 Å². The molecule has 0 aliphatic carbocycles. The number of rotatable bonds is 5. The molecule has 0 aromatic heterocycles. The summed E-state index contributed by atoms with van der Waals surface area (Å²) in [6, 6.07) is 7.60. The van der Waals surface area contributed by atoms with Crippen LogP contribution >= 0.6 is 0 Å². The van der Waals surface area contributed by atoms with Gasteiger partial charge in [-0.1, -0.05) is 32.9 Å². The SMILES string of the molecule is COCC1(C(C)(C)C)OOC1(OC)c1cccc(OC)c1. The molecule has 1 aromatic rings. The summed E-state index contributed by atoms with van der Waals surface area (Å²) in [6.07, 6.45) is 0. The topological polar surface area (TPSA) is 46.2 Å². The molecule has 0 bridgehead atoms. The fraction of sp³-hybridized carbons (Fsp3) is 0.625. The van der Waals surface area contributed by atoms with Gasteiger partial charge in [0, 0.05) is 25.2 Å². The lowest BCUT2D eigenvalue weighted by Crippen LogP contribution is -2.73. The first-order chi connectivity index (χ1) is 9.87. The normalized spacial score (nSPS) is 29.0. The van der Waals surface area contributed by atoms with Crippen LogP contribution < -0.4 is 4.74 Å². The number of benzene rings is 1. The first kappa shape index (κ1) is 16.2. The van der Waals surface area contributed by atoms with Crippen molar-refractivity contribution >= 4 is 0 Å². The molecule has 0 spiro atoms. The fourth-order valence-electron chi connectivity index (χ4n) is 2.80. The van der Waals surface area contributed by atoms with E-state index in [-0.39, 0.29) is 5.41 Å². The molecule has 5 nitrogen and oxygen atoms in total. The van der Waals surface area contributed by atoms with E-state index in [0.717, 1.165) is 11.3 Å². The minimum absolute atomic E-state index is 0.264. The summed E-state index contributed by atoms with van der Waals surface area (Å²) >= 11 is 0. The van der Waals surface area contributed by atoms with E-state index in [9.17, 15) is 0 Å². The number of ether oxygens (including phenoxy) is 3. The van der Waals surface area contributed by atoms with E-state index in [1.165, 1.54) is 0 Å². The minimum atomic E-state index is -1.03. The summed E-state index contributed by atoms with van der Waals surface area (Å²) in [6.45, 7) is 6.56. The average molecular weight is 296 g/mol. The Balaban J connectivity index is 2.54. The first-order valence-electron chi connectivity index (χ1n) is 6.92. The summed E-state index contributed by atoms with van der Waals surface area (Å²) in [7, 11) is 4.88. The molecule has 1 saturated heterocycles. The van der Waals surface area contributed by atoms with Gasteiger partial charge in [0.1, 0.15) is 5.75 Å². The second kappa shape index (κ2) is 5.57. The van der Waals surface area contributed by atoms with Gasteiger partial charge in [-0.25, -0.2) is 4.89 Å². The first-order valence-corrected chi connectivity index (χ1v) is 6.92. The van der Waals surface area contributed by atoms with Crippen molar-refractivity contribution in [2.24, 2.45) is 5.41 Å². The summed E-state index contributed by atoms with van der Waals surface area (Å²) in [4.78, 5) is 11.1. The zero-order valence-electron chi connectivity index (χ0n) is 13.6. The van der Waals surface area contributed by atoms with E-state index in [1.54, 1.807) is 21.3 Å². The lowest BCUT2D eigenvalue weighted by molar-refractivity contribution is -0.637.